The zero-order valence-corrected chi connectivity index (χ0v) is 15.4. The topological polar surface area (TPSA) is 89.0 Å². The van der Waals surface area contributed by atoms with Crippen molar-refractivity contribution in [3.63, 3.8) is 0 Å². The van der Waals surface area contributed by atoms with Gasteiger partial charge in [-0.05, 0) is 50.1 Å². The van der Waals surface area contributed by atoms with Gasteiger partial charge in [0.25, 0.3) is 0 Å². The third-order valence-corrected chi connectivity index (χ3v) is 6.33. The fourth-order valence-electron chi connectivity index (χ4n) is 2.17. The van der Waals surface area contributed by atoms with Gasteiger partial charge in [-0.3, -0.25) is 9.78 Å². The van der Waals surface area contributed by atoms with Crippen molar-refractivity contribution in [2.24, 2.45) is 0 Å². The van der Waals surface area contributed by atoms with Crippen molar-refractivity contribution in [1.29, 1.82) is 0 Å². The molecule has 2 rings (SSSR count). The van der Waals surface area contributed by atoms with Gasteiger partial charge >= 0.3 is 6.18 Å². The molecule has 0 aliphatic heterocycles. The molecule has 0 bridgehead atoms. The van der Waals surface area contributed by atoms with Gasteiger partial charge in [-0.25, -0.2) is 13.4 Å². The third-order valence-electron chi connectivity index (χ3n) is 4.01. The highest BCUT2D eigenvalue weighted by molar-refractivity contribution is 7.93. The summed E-state index contributed by atoms with van der Waals surface area (Å²) >= 11 is 0. The van der Waals surface area contributed by atoms with Crippen molar-refractivity contribution in [2.45, 2.75) is 36.2 Å². The van der Waals surface area contributed by atoms with Gasteiger partial charge in [0.2, 0.25) is 15.7 Å². The minimum absolute atomic E-state index is 0.197. The number of nitrogens with one attached hydrogen (secondary N) is 1. The molecule has 2 aromatic rings. The highest BCUT2D eigenvalue weighted by atomic mass is 32.2. The predicted octanol–water partition coefficient (Wildman–Crippen LogP) is 2.41. The molecule has 2 heterocycles. The maximum atomic E-state index is 12.7. The molecule has 0 unspecified atom stereocenters. The molecule has 0 aliphatic rings. The number of carbonyl (C=O) groups excluding carboxylic acids is 1. The lowest BCUT2D eigenvalue weighted by Crippen LogP contribution is -2.48. The van der Waals surface area contributed by atoms with Crippen LogP contribution in [0.5, 0.6) is 0 Å². The molecular formula is C17H18F3N3O3S. The van der Waals surface area contributed by atoms with Gasteiger partial charge in [-0.1, -0.05) is 0 Å². The quantitative estimate of drug-likeness (QED) is 0.803. The molecule has 2 aromatic heterocycles. The Morgan fingerprint density at radius 2 is 1.74 bits per heavy atom. The standard InChI is InChI=1S/C17H18F3N3O3S/c1-16(2,15(24)22-10-7-12-5-8-21-9-6-12)27(25,26)14-4-3-13(11-23-14)17(18,19)20/h3-6,8-9,11H,7,10H2,1-2H3,(H,22,24). The van der Waals surface area contributed by atoms with E-state index in [9.17, 15) is 26.4 Å². The molecule has 1 amide bonds. The first-order valence-electron chi connectivity index (χ1n) is 7.91. The van der Waals surface area contributed by atoms with E-state index in [0.717, 1.165) is 11.6 Å². The number of pyridine rings is 2. The van der Waals surface area contributed by atoms with Crippen LogP contribution in [0.25, 0.3) is 0 Å². The highest BCUT2D eigenvalue weighted by Gasteiger charge is 2.44. The molecular weight excluding hydrogens is 383 g/mol. The summed E-state index contributed by atoms with van der Waals surface area (Å²) in [5, 5.41) is 1.94. The van der Waals surface area contributed by atoms with Crippen molar-refractivity contribution in [3.8, 4) is 0 Å². The summed E-state index contributed by atoms with van der Waals surface area (Å²) in [4.78, 5) is 19.7. The molecule has 10 heteroatoms. The fourth-order valence-corrected chi connectivity index (χ4v) is 3.45. The van der Waals surface area contributed by atoms with Gasteiger partial charge in [0.05, 0.1) is 5.56 Å². The van der Waals surface area contributed by atoms with E-state index >= 15 is 0 Å². The molecule has 0 saturated carbocycles. The number of hydrogen-bond acceptors (Lipinski definition) is 5. The van der Waals surface area contributed by atoms with Crippen LogP contribution in [0.3, 0.4) is 0 Å². The minimum atomic E-state index is -4.63. The van der Waals surface area contributed by atoms with Gasteiger partial charge < -0.3 is 5.32 Å². The second kappa shape index (κ2) is 7.63. The van der Waals surface area contributed by atoms with Crippen LogP contribution in [-0.2, 0) is 27.2 Å². The van der Waals surface area contributed by atoms with E-state index in [1.54, 1.807) is 24.5 Å². The molecule has 0 fully saturated rings. The Morgan fingerprint density at radius 1 is 1.11 bits per heavy atom. The number of sulfone groups is 1. The molecule has 0 aliphatic carbocycles. The second-order valence-corrected chi connectivity index (χ2v) is 8.70. The maximum absolute atomic E-state index is 12.7. The van der Waals surface area contributed by atoms with Crippen LogP contribution in [0, 0.1) is 0 Å². The number of carbonyl (C=O) groups is 1. The second-order valence-electron chi connectivity index (χ2n) is 6.26. The lowest BCUT2D eigenvalue weighted by atomic mass is 10.1. The van der Waals surface area contributed by atoms with Gasteiger partial charge in [-0.15, -0.1) is 0 Å². The van der Waals surface area contributed by atoms with Crippen LogP contribution in [0.2, 0.25) is 0 Å². The van der Waals surface area contributed by atoms with E-state index in [1.165, 1.54) is 13.8 Å². The number of amides is 1. The van der Waals surface area contributed by atoms with Crippen LogP contribution in [0.4, 0.5) is 13.2 Å². The van der Waals surface area contributed by atoms with Gasteiger partial charge in [0, 0.05) is 25.1 Å². The van der Waals surface area contributed by atoms with E-state index in [2.05, 4.69) is 15.3 Å². The summed E-state index contributed by atoms with van der Waals surface area (Å²) in [6, 6.07) is 4.90. The lowest BCUT2D eigenvalue weighted by molar-refractivity contribution is -0.137. The molecule has 0 aromatic carbocycles. The first kappa shape index (κ1) is 20.8. The summed E-state index contributed by atoms with van der Waals surface area (Å²) in [7, 11) is -4.30. The van der Waals surface area contributed by atoms with E-state index < -0.39 is 37.3 Å². The van der Waals surface area contributed by atoms with Gasteiger partial charge in [-0.2, -0.15) is 13.2 Å². The van der Waals surface area contributed by atoms with Crippen LogP contribution in [0.1, 0.15) is 25.0 Å². The average molecular weight is 401 g/mol. The number of nitrogens with zero attached hydrogens (tertiary/aromatic N) is 2. The van der Waals surface area contributed by atoms with E-state index in [4.69, 9.17) is 0 Å². The van der Waals surface area contributed by atoms with Crippen LogP contribution in [0.15, 0.2) is 47.9 Å². The molecule has 6 nitrogen and oxygen atoms in total. The predicted molar refractivity (Wildman–Crippen MR) is 91.5 cm³/mol. The summed E-state index contributed by atoms with van der Waals surface area (Å²) in [5.74, 6) is -0.766. The van der Waals surface area contributed by atoms with Crippen molar-refractivity contribution >= 4 is 15.7 Å². The lowest BCUT2D eigenvalue weighted by Gasteiger charge is -2.23. The zero-order chi connectivity index (χ0) is 20.3. The Kier molecular flexibility index (Phi) is 5.88. The minimum Gasteiger partial charge on any atom is -0.354 e. The Labute approximate surface area is 154 Å². The summed E-state index contributed by atoms with van der Waals surface area (Å²) in [6.07, 6.45) is -0.522. The zero-order valence-electron chi connectivity index (χ0n) is 14.6. The van der Waals surface area contributed by atoms with E-state index in [-0.39, 0.29) is 6.54 Å². The Hall–Kier alpha value is -2.49. The van der Waals surface area contributed by atoms with Crippen molar-refractivity contribution in [2.75, 3.05) is 6.54 Å². The van der Waals surface area contributed by atoms with E-state index in [0.29, 0.717) is 18.7 Å². The molecule has 27 heavy (non-hydrogen) atoms. The number of aromatic nitrogens is 2. The van der Waals surface area contributed by atoms with Gasteiger partial charge in [0.15, 0.2) is 9.77 Å². The number of rotatable bonds is 6. The third kappa shape index (κ3) is 4.62. The largest absolute Gasteiger partial charge is 0.417 e. The van der Waals surface area contributed by atoms with Crippen molar-refractivity contribution in [3.05, 3.63) is 54.0 Å². The van der Waals surface area contributed by atoms with Crippen molar-refractivity contribution < 1.29 is 26.4 Å². The summed E-state index contributed by atoms with van der Waals surface area (Å²) in [6.45, 7) is 2.56. The molecule has 0 spiro atoms. The number of halogens is 3. The Bertz CT molecular complexity index is 897. The van der Waals surface area contributed by atoms with Crippen LogP contribution < -0.4 is 5.32 Å². The molecule has 0 radical (unpaired) electrons. The molecule has 0 saturated heterocycles. The monoisotopic (exact) mass is 401 g/mol. The smallest absolute Gasteiger partial charge is 0.354 e. The fraction of sp³-hybridized carbons (Fsp3) is 0.353. The summed E-state index contributed by atoms with van der Waals surface area (Å²) < 4.78 is 61.2. The normalized spacial score (nSPS) is 12.6. The Balaban J connectivity index is 2.11. The Morgan fingerprint density at radius 3 is 2.26 bits per heavy atom. The van der Waals surface area contributed by atoms with E-state index in [1.807, 2.05) is 0 Å². The highest BCUT2D eigenvalue weighted by Crippen LogP contribution is 2.30. The average Bonchev–Trinajstić information content (AvgIpc) is 2.61. The number of alkyl halides is 3. The first-order chi connectivity index (χ1) is 12.5. The van der Waals surface area contributed by atoms with Crippen molar-refractivity contribution in [1.82, 2.24) is 15.3 Å². The molecule has 0 atom stereocenters. The van der Waals surface area contributed by atoms with Gasteiger partial charge in [0.1, 0.15) is 0 Å². The first-order valence-corrected chi connectivity index (χ1v) is 9.39. The summed E-state index contributed by atoms with van der Waals surface area (Å²) in [5.41, 5.74) is -0.156. The maximum Gasteiger partial charge on any atom is 0.417 e. The molecule has 1 N–H and O–H groups in total. The van der Waals surface area contributed by atoms with Crippen LogP contribution >= 0.6 is 0 Å². The SMILES string of the molecule is CC(C)(C(=O)NCCc1ccncc1)S(=O)(=O)c1ccc(C(F)(F)F)cn1. The number of hydrogen-bond donors (Lipinski definition) is 1. The van der Waals surface area contributed by atoms with Crippen LogP contribution in [-0.4, -0.2) is 35.6 Å². The molecule has 146 valence electrons.